The van der Waals surface area contributed by atoms with Gasteiger partial charge in [0.2, 0.25) is 0 Å². The summed E-state index contributed by atoms with van der Waals surface area (Å²) in [5.41, 5.74) is 1.64. The molecule has 0 spiro atoms. The smallest absolute Gasteiger partial charge is 0.346 e. The first kappa shape index (κ1) is 18.0. The molecule has 25 heavy (non-hydrogen) atoms. The summed E-state index contributed by atoms with van der Waals surface area (Å²) in [4.78, 5) is 0. The van der Waals surface area contributed by atoms with Crippen LogP contribution in [0.1, 0.15) is 5.56 Å². The predicted octanol–water partition coefficient (Wildman–Crippen LogP) is 3.82. The molecule has 1 fully saturated rings. The SMILES string of the molecule is O=P(N/N=C/c1ccccc1)(Nc1ccc(Cl)cc1)N1CCOCC1. The summed E-state index contributed by atoms with van der Waals surface area (Å²) in [6.07, 6.45) is 1.65. The summed E-state index contributed by atoms with van der Waals surface area (Å²) >= 11 is 5.92. The Morgan fingerprint density at radius 2 is 1.76 bits per heavy atom. The summed E-state index contributed by atoms with van der Waals surface area (Å²) in [5.74, 6) is 0. The number of rotatable bonds is 6. The zero-order valence-electron chi connectivity index (χ0n) is 13.6. The van der Waals surface area contributed by atoms with Crippen LogP contribution in [0.4, 0.5) is 5.69 Å². The van der Waals surface area contributed by atoms with Gasteiger partial charge in [-0.25, -0.2) is 9.87 Å². The predicted molar refractivity (Wildman–Crippen MR) is 102 cm³/mol. The Bertz CT molecular complexity index is 749. The number of ether oxygens (including phenoxy) is 1. The van der Waals surface area contributed by atoms with Gasteiger partial charge in [0.05, 0.1) is 19.4 Å². The van der Waals surface area contributed by atoms with Crippen LogP contribution in [-0.2, 0) is 9.30 Å². The molecule has 1 unspecified atom stereocenters. The average molecular weight is 379 g/mol. The van der Waals surface area contributed by atoms with Crippen molar-refractivity contribution < 1.29 is 9.30 Å². The third kappa shape index (κ3) is 5.06. The minimum Gasteiger partial charge on any atom is -0.379 e. The number of hydrazone groups is 1. The van der Waals surface area contributed by atoms with Gasteiger partial charge in [-0.2, -0.15) is 5.10 Å². The van der Waals surface area contributed by atoms with Crippen LogP contribution in [0, 0.1) is 0 Å². The summed E-state index contributed by atoms with van der Waals surface area (Å²) < 4.78 is 20.7. The Hall–Kier alpha value is -1.85. The van der Waals surface area contributed by atoms with Gasteiger partial charge in [0, 0.05) is 23.8 Å². The van der Waals surface area contributed by atoms with Crippen molar-refractivity contribution in [3.63, 3.8) is 0 Å². The maximum atomic E-state index is 13.5. The number of anilines is 1. The van der Waals surface area contributed by atoms with Gasteiger partial charge in [-0.3, -0.25) is 4.57 Å². The van der Waals surface area contributed by atoms with Crippen LogP contribution < -0.4 is 10.3 Å². The fourth-order valence-electron chi connectivity index (χ4n) is 2.41. The van der Waals surface area contributed by atoms with E-state index in [1.54, 1.807) is 30.5 Å². The zero-order valence-corrected chi connectivity index (χ0v) is 15.3. The molecule has 2 N–H and O–H groups in total. The normalized spacial score (nSPS) is 18.0. The molecule has 2 aromatic rings. The molecule has 0 bridgehead atoms. The Balaban J connectivity index is 1.77. The second-order valence-corrected chi connectivity index (χ2v) is 8.11. The van der Waals surface area contributed by atoms with E-state index in [1.165, 1.54) is 0 Å². The lowest BCUT2D eigenvalue weighted by Gasteiger charge is -2.34. The van der Waals surface area contributed by atoms with Crippen LogP contribution in [0.5, 0.6) is 0 Å². The third-order valence-corrected chi connectivity index (χ3v) is 6.11. The summed E-state index contributed by atoms with van der Waals surface area (Å²) in [5, 5.41) is 10.7. The molecule has 0 aliphatic carbocycles. The first-order valence-corrected chi connectivity index (χ1v) is 10.0. The topological polar surface area (TPSA) is 66.0 Å². The Labute approximate surface area is 152 Å². The fourth-order valence-corrected chi connectivity index (χ4v) is 4.30. The van der Waals surface area contributed by atoms with Crippen molar-refractivity contribution >= 4 is 31.1 Å². The number of halogens is 1. The van der Waals surface area contributed by atoms with Crippen molar-refractivity contribution in [2.75, 3.05) is 31.4 Å². The summed E-state index contributed by atoms with van der Waals surface area (Å²) in [6.45, 7) is 2.20. The first-order chi connectivity index (χ1) is 12.2. The van der Waals surface area contributed by atoms with Crippen LogP contribution in [0.2, 0.25) is 5.02 Å². The lowest BCUT2D eigenvalue weighted by Crippen LogP contribution is -2.38. The molecule has 0 aromatic heterocycles. The van der Waals surface area contributed by atoms with E-state index < -0.39 is 7.59 Å². The van der Waals surface area contributed by atoms with Crippen molar-refractivity contribution in [3.05, 3.63) is 65.2 Å². The molecule has 2 aromatic carbocycles. The van der Waals surface area contributed by atoms with E-state index in [0.29, 0.717) is 37.0 Å². The molecule has 1 heterocycles. The van der Waals surface area contributed by atoms with Gasteiger partial charge in [-0.1, -0.05) is 41.9 Å². The molecule has 3 rings (SSSR count). The van der Waals surface area contributed by atoms with Crippen LogP contribution in [0.25, 0.3) is 0 Å². The number of nitrogens with zero attached hydrogens (tertiary/aromatic N) is 2. The minimum absolute atomic E-state index is 0.538. The standard InChI is InChI=1S/C17H20ClN4O2P/c18-16-6-8-17(9-7-16)20-25(23,22-10-12-24-13-11-22)21-19-14-15-4-2-1-3-5-15/h1-9,14H,10-13H2,(H2,20,21,23)/b19-14+. The number of morpholine rings is 1. The van der Waals surface area contributed by atoms with Crippen molar-refractivity contribution in [2.24, 2.45) is 5.10 Å². The van der Waals surface area contributed by atoms with Crippen molar-refractivity contribution in [3.8, 4) is 0 Å². The van der Waals surface area contributed by atoms with Gasteiger partial charge in [0.1, 0.15) is 0 Å². The van der Waals surface area contributed by atoms with E-state index in [-0.39, 0.29) is 0 Å². The highest BCUT2D eigenvalue weighted by atomic mass is 35.5. The summed E-state index contributed by atoms with van der Waals surface area (Å²) in [6, 6.07) is 16.7. The highest BCUT2D eigenvalue weighted by Crippen LogP contribution is 2.45. The van der Waals surface area contributed by atoms with E-state index in [1.807, 2.05) is 35.0 Å². The van der Waals surface area contributed by atoms with E-state index in [4.69, 9.17) is 16.3 Å². The van der Waals surface area contributed by atoms with Crippen LogP contribution >= 0.6 is 19.2 Å². The van der Waals surface area contributed by atoms with E-state index >= 15 is 0 Å². The average Bonchev–Trinajstić information content (AvgIpc) is 2.65. The molecule has 132 valence electrons. The maximum absolute atomic E-state index is 13.5. The second kappa shape index (κ2) is 8.50. The zero-order chi connectivity index (χ0) is 17.5. The highest BCUT2D eigenvalue weighted by molar-refractivity contribution is 7.61. The van der Waals surface area contributed by atoms with Gasteiger partial charge in [0.25, 0.3) is 0 Å². The number of hydrogen-bond donors (Lipinski definition) is 2. The minimum atomic E-state index is -3.16. The van der Waals surface area contributed by atoms with Gasteiger partial charge in [-0.05, 0) is 29.8 Å². The lowest BCUT2D eigenvalue weighted by molar-refractivity contribution is 0.0717. The first-order valence-electron chi connectivity index (χ1n) is 7.98. The monoisotopic (exact) mass is 378 g/mol. The molecule has 0 amide bonds. The molecule has 1 saturated heterocycles. The van der Waals surface area contributed by atoms with Crippen LogP contribution in [0.15, 0.2) is 59.7 Å². The highest BCUT2D eigenvalue weighted by Gasteiger charge is 2.32. The maximum Gasteiger partial charge on any atom is 0.346 e. The molecule has 0 radical (unpaired) electrons. The molecule has 1 atom stereocenters. The van der Waals surface area contributed by atoms with E-state index in [9.17, 15) is 4.57 Å². The largest absolute Gasteiger partial charge is 0.379 e. The molecule has 8 heteroatoms. The Morgan fingerprint density at radius 1 is 1.08 bits per heavy atom. The Morgan fingerprint density at radius 3 is 2.44 bits per heavy atom. The molecule has 1 aliphatic rings. The number of benzene rings is 2. The second-order valence-electron chi connectivity index (χ2n) is 5.53. The summed E-state index contributed by atoms with van der Waals surface area (Å²) in [7, 11) is -3.16. The lowest BCUT2D eigenvalue weighted by atomic mass is 10.2. The molecular formula is C17H20ClN4O2P. The van der Waals surface area contributed by atoms with Crippen LogP contribution in [-0.4, -0.2) is 37.2 Å². The van der Waals surface area contributed by atoms with Gasteiger partial charge in [0.15, 0.2) is 0 Å². The quantitative estimate of drug-likeness (QED) is 0.454. The Kier molecular flexibility index (Phi) is 6.10. The molecule has 0 saturated carbocycles. The molecule has 1 aliphatic heterocycles. The van der Waals surface area contributed by atoms with Gasteiger partial charge < -0.3 is 9.82 Å². The molecular weight excluding hydrogens is 359 g/mol. The number of hydrogen-bond acceptors (Lipinski definition) is 3. The van der Waals surface area contributed by atoms with Crippen LogP contribution in [0.3, 0.4) is 0 Å². The van der Waals surface area contributed by atoms with E-state index in [0.717, 1.165) is 5.56 Å². The van der Waals surface area contributed by atoms with E-state index in [2.05, 4.69) is 15.4 Å². The van der Waals surface area contributed by atoms with Crippen molar-refractivity contribution in [1.82, 2.24) is 9.87 Å². The third-order valence-electron chi connectivity index (χ3n) is 3.72. The molecule has 6 nitrogen and oxygen atoms in total. The number of nitrogens with one attached hydrogen (secondary N) is 2. The van der Waals surface area contributed by atoms with Crippen molar-refractivity contribution in [2.45, 2.75) is 0 Å². The van der Waals surface area contributed by atoms with Gasteiger partial charge >= 0.3 is 7.59 Å². The van der Waals surface area contributed by atoms with Crippen molar-refractivity contribution in [1.29, 1.82) is 0 Å². The van der Waals surface area contributed by atoms with Gasteiger partial charge in [-0.15, -0.1) is 0 Å². The fraction of sp³-hybridized carbons (Fsp3) is 0.235.